The van der Waals surface area contributed by atoms with Crippen molar-refractivity contribution in [2.45, 2.75) is 13.2 Å². The lowest BCUT2D eigenvalue weighted by molar-refractivity contribution is -0.137. The molecule has 0 saturated heterocycles. The molecule has 2 rings (SSSR count). The van der Waals surface area contributed by atoms with Gasteiger partial charge in [0.1, 0.15) is 17.2 Å². The Hall–Kier alpha value is -2.25. The van der Waals surface area contributed by atoms with Crippen LogP contribution in [0.5, 0.6) is 0 Å². The Morgan fingerprint density at radius 1 is 1.32 bits per heavy atom. The van der Waals surface area contributed by atoms with E-state index in [9.17, 15) is 9.59 Å². The minimum atomic E-state index is -1.06. The number of carbonyl (C=O) groups excluding carboxylic acids is 1. The van der Waals surface area contributed by atoms with Crippen LogP contribution in [0.4, 0.5) is 0 Å². The molecule has 1 aromatic heterocycles. The fraction of sp³-hybridized carbons (Fsp3) is 0.267. The van der Waals surface area contributed by atoms with E-state index in [1.54, 1.807) is 12.5 Å². The molecule has 1 aromatic carbocycles. The summed E-state index contributed by atoms with van der Waals surface area (Å²) in [5.74, 6) is -1.46. The highest BCUT2D eigenvalue weighted by Crippen LogP contribution is 2.14. The predicted octanol–water partition coefficient (Wildman–Crippen LogP) is 2.02. The first-order valence-electron chi connectivity index (χ1n) is 6.58. The summed E-state index contributed by atoms with van der Waals surface area (Å²) < 4.78 is 4.97. The number of rotatable bonds is 7. The Balaban J connectivity index is 2.16. The SMILES string of the molecule is COCc1nc(C(=O)N(CC(=O)O)Cc2ccccc2)cs1. The summed E-state index contributed by atoms with van der Waals surface area (Å²) in [5, 5.41) is 11.3. The van der Waals surface area contributed by atoms with Crippen molar-refractivity contribution in [3.05, 3.63) is 52.0 Å². The van der Waals surface area contributed by atoms with Gasteiger partial charge in [0, 0.05) is 19.0 Å². The van der Waals surface area contributed by atoms with Crippen LogP contribution in [0, 0.1) is 0 Å². The van der Waals surface area contributed by atoms with Crippen molar-refractivity contribution in [1.82, 2.24) is 9.88 Å². The second kappa shape index (κ2) is 7.67. The van der Waals surface area contributed by atoms with Gasteiger partial charge in [0.25, 0.3) is 5.91 Å². The number of benzene rings is 1. The second-order valence-corrected chi connectivity index (χ2v) is 5.54. The Morgan fingerprint density at radius 2 is 2.05 bits per heavy atom. The van der Waals surface area contributed by atoms with Crippen molar-refractivity contribution in [3.8, 4) is 0 Å². The van der Waals surface area contributed by atoms with Gasteiger partial charge in [-0.1, -0.05) is 30.3 Å². The van der Waals surface area contributed by atoms with Gasteiger partial charge in [-0.2, -0.15) is 0 Å². The summed E-state index contributed by atoms with van der Waals surface area (Å²) in [6.45, 7) is 0.184. The number of aromatic nitrogens is 1. The molecule has 2 aromatic rings. The van der Waals surface area contributed by atoms with Crippen molar-refractivity contribution in [2.75, 3.05) is 13.7 Å². The molecule has 0 atom stereocenters. The fourth-order valence-corrected chi connectivity index (χ4v) is 2.67. The molecular weight excluding hydrogens is 304 g/mol. The molecule has 0 saturated carbocycles. The highest BCUT2D eigenvalue weighted by Gasteiger charge is 2.21. The Bertz CT molecular complexity index is 642. The van der Waals surface area contributed by atoms with Gasteiger partial charge >= 0.3 is 5.97 Å². The topological polar surface area (TPSA) is 79.7 Å². The van der Waals surface area contributed by atoms with E-state index in [4.69, 9.17) is 9.84 Å². The monoisotopic (exact) mass is 320 g/mol. The maximum atomic E-state index is 12.5. The van der Waals surface area contributed by atoms with E-state index in [0.29, 0.717) is 11.6 Å². The Morgan fingerprint density at radius 3 is 2.68 bits per heavy atom. The third kappa shape index (κ3) is 4.37. The molecule has 22 heavy (non-hydrogen) atoms. The lowest BCUT2D eigenvalue weighted by atomic mass is 10.2. The van der Waals surface area contributed by atoms with Crippen molar-refractivity contribution >= 4 is 23.2 Å². The smallest absolute Gasteiger partial charge is 0.323 e. The molecule has 7 heteroatoms. The van der Waals surface area contributed by atoms with Crippen LogP contribution in [0.25, 0.3) is 0 Å². The van der Waals surface area contributed by atoms with E-state index in [-0.39, 0.29) is 18.8 Å². The number of carbonyl (C=O) groups is 2. The van der Waals surface area contributed by atoms with Crippen molar-refractivity contribution < 1.29 is 19.4 Å². The van der Waals surface area contributed by atoms with Crippen LogP contribution in [0.3, 0.4) is 0 Å². The Kier molecular flexibility index (Phi) is 5.62. The number of amides is 1. The minimum absolute atomic E-state index is 0.225. The number of aliphatic carboxylic acids is 1. The molecule has 116 valence electrons. The van der Waals surface area contributed by atoms with Crippen molar-refractivity contribution in [1.29, 1.82) is 0 Å². The summed E-state index contributed by atoms with van der Waals surface area (Å²) in [6, 6.07) is 9.25. The average Bonchev–Trinajstić information content (AvgIpc) is 2.95. The van der Waals surface area contributed by atoms with Crippen LogP contribution in [-0.4, -0.2) is 40.5 Å². The molecule has 0 fully saturated rings. The molecule has 6 nitrogen and oxygen atoms in total. The van der Waals surface area contributed by atoms with Gasteiger partial charge < -0.3 is 14.7 Å². The summed E-state index contributed by atoms with van der Waals surface area (Å²) >= 11 is 1.31. The normalized spacial score (nSPS) is 10.4. The number of ether oxygens (including phenoxy) is 1. The van der Waals surface area contributed by atoms with Crippen LogP contribution >= 0.6 is 11.3 Å². The van der Waals surface area contributed by atoms with E-state index < -0.39 is 11.9 Å². The number of nitrogens with zero attached hydrogens (tertiary/aromatic N) is 2. The highest BCUT2D eigenvalue weighted by molar-refractivity contribution is 7.09. The van der Waals surface area contributed by atoms with Gasteiger partial charge in [0.05, 0.1) is 6.61 Å². The van der Waals surface area contributed by atoms with E-state index in [2.05, 4.69) is 4.98 Å². The first-order valence-corrected chi connectivity index (χ1v) is 7.46. The van der Waals surface area contributed by atoms with Crippen LogP contribution in [0.1, 0.15) is 21.1 Å². The third-order valence-electron chi connectivity index (χ3n) is 2.87. The molecule has 0 spiro atoms. The van der Waals surface area contributed by atoms with Gasteiger partial charge in [0.2, 0.25) is 0 Å². The molecule has 0 aliphatic rings. The number of methoxy groups -OCH3 is 1. The van der Waals surface area contributed by atoms with Crippen LogP contribution in [0.2, 0.25) is 0 Å². The predicted molar refractivity (Wildman–Crippen MR) is 81.6 cm³/mol. The molecule has 0 unspecified atom stereocenters. The molecule has 1 heterocycles. The first-order chi connectivity index (χ1) is 10.6. The number of thiazole rings is 1. The van der Waals surface area contributed by atoms with Gasteiger partial charge in [-0.15, -0.1) is 11.3 Å². The van der Waals surface area contributed by atoms with E-state index in [0.717, 1.165) is 5.56 Å². The maximum Gasteiger partial charge on any atom is 0.323 e. The molecule has 0 bridgehead atoms. The number of hydrogen-bond donors (Lipinski definition) is 1. The average molecular weight is 320 g/mol. The lowest BCUT2D eigenvalue weighted by Gasteiger charge is -2.19. The van der Waals surface area contributed by atoms with Gasteiger partial charge in [-0.3, -0.25) is 9.59 Å². The maximum absolute atomic E-state index is 12.5. The van der Waals surface area contributed by atoms with Crippen molar-refractivity contribution in [3.63, 3.8) is 0 Å². The molecule has 0 aliphatic carbocycles. The summed E-state index contributed by atoms with van der Waals surface area (Å²) in [7, 11) is 1.55. The lowest BCUT2D eigenvalue weighted by Crippen LogP contribution is -2.35. The second-order valence-electron chi connectivity index (χ2n) is 4.60. The van der Waals surface area contributed by atoms with Gasteiger partial charge in [0.15, 0.2) is 0 Å². The summed E-state index contributed by atoms with van der Waals surface area (Å²) in [4.78, 5) is 28.9. The number of carboxylic acids is 1. The Labute approximate surface area is 132 Å². The molecule has 1 N–H and O–H groups in total. The summed E-state index contributed by atoms with van der Waals surface area (Å²) in [5.41, 5.74) is 1.11. The third-order valence-corrected chi connectivity index (χ3v) is 3.69. The fourth-order valence-electron chi connectivity index (χ4n) is 1.93. The summed E-state index contributed by atoms with van der Waals surface area (Å²) in [6.07, 6.45) is 0. The number of carboxylic acid groups (broad SMARTS) is 1. The zero-order valence-corrected chi connectivity index (χ0v) is 12.9. The zero-order valence-electron chi connectivity index (χ0n) is 12.1. The largest absolute Gasteiger partial charge is 0.480 e. The van der Waals surface area contributed by atoms with Gasteiger partial charge in [-0.25, -0.2) is 4.98 Å². The molecule has 0 radical (unpaired) electrons. The van der Waals surface area contributed by atoms with Gasteiger partial charge in [-0.05, 0) is 5.56 Å². The van der Waals surface area contributed by atoms with E-state index in [1.165, 1.54) is 16.2 Å². The van der Waals surface area contributed by atoms with E-state index in [1.807, 2.05) is 30.3 Å². The standard InChI is InChI=1S/C15H16N2O4S/c1-21-9-13-16-12(10-22-13)15(20)17(8-14(18)19)7-11-5-3-2-4-6-11/h2-6,10H,7-9H2,1H3,(H,18,19). The van der Waals surface area contributed by atoms with Crippen LogP contribution in [-0.2, 0) is 22.7 Å². The van der Waals surface area contributed by atoms with Crippen LogP contribution in [0.15, 0.2) is 35.7 Å². The number of hydrogen-bond acceptors (Lipinski definition) is 5. The molecule has 1 amide bonds. The van der Waals surface area contributed by atoms with Crippen LogP contribution < -0.4 is 0 Å². The zero-order chi connectivity index (χ0) is 15.9. The minimum Gasteiger partial charge on any atom is -0.480 e. The van der Waals surface area contributed by atoms with Crippen molar-refractivity contribution in [2.24, 2.45) is 0 Å². The first kappa shape index (κ1) is 16.1. The highest BCUT2D eigenvalue weighted by atomic mass is 32.1. The van der Waals surface area contributed by atoms with E-state index >= 15 is 0 Å². The quantitative estimate of drug-likeness (QED) is 0.844. The molecular formula is C15H16N2O4S. The molecule has 0 aliphatic heterocycles.